The fraction of sp³-hybridized carbons (Fsp3) is 0.308. The van der Waals surface area contributed by atoms with Gasteiger partial charge >= 0.3 is 0 Å². The standard InChI is InChI=1S/C26H28ClNO/c27-24-15-13-23(14-16-24)26(22-10-5-2-6-11-22)29-20-25-12-7-18-28(25)19-17-21-8-3-1-4-9-21/h1-6,8-11,13-16,25-26H,7,12,17-20H2/t25-,26?/m0/s1. The molecule has 1 unspecified atom stereocenters. The van der Waals surface area contributed by atoms with Crippen molar-refractivity contribution in [2.75, 3.05) is 19.7 Å². The molecule has 1 aliphatic rings. The van der Waals surface area contributed by atoms with Crippen LogP contribution in [0.15, 0.2) is 84.9 Å². The number of ether oxygens (including phenoxy) is 1. The first-order valence-electron chi connectivity index (χ1n) is 10.5. The van der Waals surface area contributed by atoms with E-state index >= 15 is 0 Å². The van der Waals surface area contributed by atoms with E-state index in [1.807, 2.05) is 18.2 Å². The van der Waals surface area contributed by atoms with Gasteiger partial charge in [0, 0.05) is 17.6 Å². The first kappa shape index (κ1) is 20.2. The van der Waals surface area contributed by atoms with Crippen LogP contribution in [0.5, 0.6) is 0 Å². The summed E-state index contributed by atoms with van der Waals surface area (Å²) in [5, 5.41) is 0.753. The van der Waals surface area contributed by atoms with Crippen molar-refractivity contribution in [2.45, 2.75) is 31.4 Å². The predicted molar refractivity (Wildman–Crippen MR) is 120 cm³/mol. The molecule has 0 bridgehead atoms. The number of nitrogens with zero attached hydrogens (tertiary/aromatic N) is 1. The molecule has 4 rings (SSSR count). The molecule has 3 heteroatoms. The second-order valence-electron chi connectivity index (χ2n) is 7.74. The van der Waals surface area contributed by atoms with Gasteiger partial charge in [-0.05, 0) is 54.6 Å². The Labute approximate surface area is 179 Å². The van der Waals surface area contributed by atoms with E-state index in [0.717, 1.165) is 36.7 Å². The number of likely N-dealkylation sites (tertiary alicyclic amines) is 1. The minimum atomic E-state index is -0.0648. The van der Waals surface area contributed by atoms with Crippen molar-refractivity contribution >= 4 is 11.6 Å². The van der Waals surface area contributed by atoms with Gasteiger partial charge in [-0.2, -0.15) is 0 Å². The average molecular weight is 406 g/mol. The highest BCUT2D eigenvalue weighted by molar-refractivity contribution is 6.30. The van der Waals surface area contributed by atoms with Crippen LogP contribution in [0.2, 0.25) is 5.02 Å². The third-order valence-electron chi connectivity index (χ3n) is 5.76. The molecule has 3 aromatic carbocycles. The third-order valence-corrected chi connectivity index (χ3v) is 6.01. The summed E-state index contributed by atoms with van der Waals surface area (Å²) in [6.45, 7) is 3.00. The van der Waals surface area contributed by atoms with Gasteiger partial charge in [0.2, 0.25) is 0 Å². The molecule has 0 amide bonds. The highest BCUT2D eigenvalue weighted by Crippen LogP contribution is 2.29. The number of hydrogen-bond acceptors (Lipinski definition) is 2. The van der Waals surface area contributed by atoms with E-state index in [4.69, 9.17) is 16.3 Å². The maximum absolute atomic E-state index is 6.54. The van der Waals surface area contributed by atoms with Crippen LogP contribution in [0.4, 0.5) is 0 Å². The van der Waals surface area contributed by atoms with Crippen LogP contribution >= 0.6 is 11.6 Å². The fourth-order valence-corrected chi connectivity index (χ4v) is 4.28. The Balaban J connectivity index is 1.41. The lowest BCUT2D eigenvalue weighted by Crippen LogP contribution is -2.35. The van der Waals surface area contributed by atoms with Crippen LogP contribution in [-0.2, 0) is 11.2 Å². The highest BCUT2D eigenvalue weighted by atomic mass is 35.5. The van der Waals surface area contributed by atoms with E-state index in [1.165, 1.54) is 24.0 Å². The minimum absolute atomic E-state index is 0.0648. The monoisotopic (exact) mass is 405 g/mol. The van der Waals surface area contributed by atoms with E-state index in [9.17, 15) is 0 Å². The Bertz CT molecular complexity index is 866. The van der Waals surface area contributed by atoms with Gasteiger partial charge in [-0.15, -0.1) is 0 Å². The molecule has 0 saturated carbocycles. The molecular formula is C26H28ClNO. The molecule has 1 aliphatic heterocycles. The van der Waals surface area contributed by atoms with Crippen LogP contribution in [0.25, 0.3) is 0 Å². The summed E-state index contributed by atoms with van der Waals surface area (Å²) in [6.07, 6.45) is 3.48. The van der Waals surface area contributed by atoms with Gasteiger partial charge < -0.3 is 4.74 Å². The maximum Gasteiger partial charge on any atom is 0.108 e. The van der Waals surface area contributed by atoms with Crippen LogP contribution in [0.3, 0.4) is 0 Å². The second-order valence-corrected chi connectivity index (χ2v) is 8.18. The highest BCUT2D eigenvalue weighted by Gasteiger charge is 2.26. The van der Waals surface area contributed by atoms with Gasteiger partial charge in [0.1, 0.15) is 6.10 Å². The van der Waals surface area contributed by atoms with Crippen LogP contribution in [0.1, 0.15) is 35.6 Å². The fourth-order valence-electron chi connectivity index (χ4n) is 4.15. The topological polar surface area (TPSA) is 12.5 Å². The number of benzene rings is 3. The zero-order valence-corrected chi connectivity index (χ0v) is 17.5. The van der Waals surface area contributed by atoms with Crippen molar-refractivity contribution in [3.63, 3.8) is 0 Å². The molecule has 2 nitrogen and oxygen atoms in total. The normalized spacial score (nSPS) is 18.0. The van der Waals surface area contributed by atoms with Gasteiger partial charge in [0.05, 0.1) is 6.61 Å². The van der Waals surface area contributed by atoms with E-state index in [-0.39, 0.29) is 6.10 Å². The molecule has 2 atom stereocenters. The molecule has 29 heavy (non-hydrogen) atoms. The summed E-state index contributed by atoms with van der Waals surface area (Å²) in [5.74, 6) is 0. The lowest BCUT2D eigenvalue weighted by Gasteiger charge is -2.27. The molecule has 3 aromatic rings. The van der Waals surface area contributed by atoms with Gasteiger partial charge in [0.25, 0.3) is 0 Å². The van der Waals surface area contributed by atoms with Crippen molar-refractivity contribution in [3.05, 3.63) is 107 Å². The summed E-state index contributed by atoms with van der Waals surface area (Å²) in [4.78, 5) is 2.59. The Morgan fingerprint density at radius 3 is 2.24 bits per heavy atom. The molecule has 1 saturated heterocycles. The molecule has 0 aromatic heterocycles. The van der Waals surface area contributed by atoms with Gasteiger partial charge in [-0.25, -0.2) is 0 Å². The summed E-state index contributed by atoms with van der Waals surface area (Å²) < 4.78 is 6.54. The summed E-state index contributed by atoms with van der Waals surface area (Å²) in [7, 11) is 0. The summed E-state index contributed by atoms with van der Waals surface area (Å²) in [6, 6.07) is 29.7. The molecule has 0 radical (unpaired) electrons. The van der Waals surface area contributed by atoms with E-state index in [0.29, 0.717) is 6.04 Å². The number of hydrogen-bond donors (Lipinski definition) is 0. The molecule has 0 spiro atoms. The zero-order chi connectivity index (χ0) is 19.9. The van der Waals surface area contributed by atoms with Crippen molar-refractivity contribution in [2.24, 2.45) is 0 Å². The Morgan fingerprint density at radius 2 is 1.52 bits per heavy atom. The Kier molecular flexibility index (Phi) is 7.00. The quantitative estimate of drug-likeness (QED) is 0.445. The van der Waals surface area contributed by atoms with E-state index in [2.05, 4.69) is 71.6 Å². The van der Waals surface area contributed by atoms with Crippen LogP contribution < -0.4 is 0 Å². The van der Waals surface area contributed by atoms with Crippen molar-refractivity contribution < 1.29 is 4.74 Å². The lowest BCUT2D eigenvalue weighted by molar-refractivity contribution is 0.0381. The van der Waals surface area contributed by atoms with E-state index < -0.39 is 0 Å². The SMILES string of the molecule is Clc1ccc(C(OC[C@@H]2CCCN2CCc2ccccc2)c2ccccc2)cc1. The molecular weight excluding hydrogens is 378 g/mol. The van der Waals surface area contributed by atoms with Gasteiger partial charge in [-0.3, -0.25) is 4.90 Å². The number of rotatable bonds is 8. The van der Waals surface area contributed by atoms with E-state index in [1.54, 1.807) is 0 Å². The third kappa shape index (κ3) is 5.48. The molecule has 0 N–H and O–H groups in total. The van der Waals surface area contributed by atoms with Crippen molar-refractivity contribution in [3.8, 4) is 0 Å². The van der Waals surface area contributed by atoms with Crippen molar-refractivity contribution in [1.82, 2.24) is 4.90 Å². The smallest absolute Gasteiger partial charge is 0.108 e. The van der Waals surface area contributed by atoms with Gasteiger partial charge in [0.15, 0.2) is 0 Å². The molecule has 0 aliphatic carbocycles. The average Bonchev–Trinajstić information content (AvgIpc) is 3.22. The first-order valence-corrected chi connectivity index (χ1v) is 10.9. The van der Waals surface area contributed by atoms with Crippen molar-refractivity contribution in [1.29, 1.82) is 0 Å². The largest absolute Gasteiger partial charge is 0.367 e. The Hall–Kier alpha value is -2.13. The number of halogens is 1. The molecule has 1 heterocycles. The van der Waals surface area contributed by atoms with Crippen LogP contribution in [-0.4, -0.2) is 30.6 Å². The second kappa shape index (κ2) is 10.1. The zero-order valence-electron chi connectivity index (χ0n) is 16.7. The van der Waals surface area contributed by atoms with Crippen LogP contribution in [0, 0.1) is 0 Å². The molecule has 1 fully saturated rings. The van der Waals surface area contributed by atoms with Gasteiger partial charge in [-0.1, -0.05) is 84.4 Å². The summed E-state index contributed by atoms with van der Waals surface area (Å²) in [5.41, 5.74) is 3.74. The lowest BCUT2D eigenvalue weighted by atomic mass is 10.0. The predicted octanol–water partition coefficient (Wildman–Crippen LogP) is 6.15. The Morgan fingerprint density at radius 1 is 0.862 bits per heavy atom. The first-order chi connectivity index (χ1) is 14.3. The molecule has 150 valence electrons. The minimum Gasteiger partial charge on any atom is -0.367 e. The summed E-state index contributed by atoms with van der Waals surface area (Å²) >= 11 is 6.10. The maximum atomic E-state index is 6.54.